The zero-order chi connectivity index (χ0) is 18.5. The molecule has 0 aliphatic carbocycles. The summed E-state index contributed by atoms with van der Waals surface area (Å²) in [4.78, 5) is 4.60. The largest absolute Gasteiger partial charge is 0.488 e. The average Bonchev–Trinajstić information content (AvgIpc) is 2.61. The Morgan fingerprint density at radius 3 is 2.54 bits per heavy atom. The number of aryl methyl sites for hydroxylation is 2. The van der Waals surface area contributed by atoms with Gasteiger partial charge in [0.2, 0.25) is 0 Å². The first-order valence-electron chi connectivity index (χ1n) is 8.30. The van der Waals surface area contributed by atoms with Crippen LogP contribution in [0.2, 0.25) is 10.0 Å². The lowest BCUT2D eigenvalue weighted by atomic mass is 10.1. The molecule has 4 heteroatoms. The van der Waals surface area contributed by atoms with Gasteiger partial charge in [-0.15, -0.1) is 0 Å². The fourth-order valence-corrected chi connectivity index (χ4v) is 2.98. The summed E-state index contributed by atoms with van der Waals surface area (Å²) in [6.45, 7) is 4.50. The van der Waals surface area contributed by atoms with Crippen LogP contribution in [-0.4, -0.2) is 6.21 Å². The highest BCUT2D eigenvalue weighted by Crippen LogP contribution is 2.26. The van der Waals surface area contributed by atoms with Gasteiger partial charge in [0.15, 0.2) is 0 Å². The Labute approximate surface area is 164 Å². The summed E-state index contributed by atoms with van der Waals surface area (Å²) in [6, 6.07) is 19.3. The van der Waals surface area contributed by atoms with Gasteiger partial charge in [-0.25, -0.2) is 0 Å². The van der Waals surface area contributed by atoms with Gasteiger partial charge in [-0.3, -0.25) is 4.99 Å². The zero-order valence-corrected chi connectivity index (χ0v) is 16.2. The van der Waals surface area contributed by atoms with Gasteiger partial charge in [0.05, 0.1) is 5.69 Å². The van der Waals surface area contributed by atoms with Crippen LogP contribution in [0.3, 0.4) is 0 Å². The molecule has 3 aromatic carbocycles. The van der Waals surface area contributed by atoms with Crippen LogP contribution in [0.5, 0.6) is 5.75 Å². The maximum absolute atomic E-state index is 6.20. The maximum Gasteiger partial charge on any atom is 0.128 e. The summed E-state index contributed by atoms with van der Waals surface area (Å²) in [6.07, 6.45) is 1.78. The third-order valence-corrected chi connectivity index (χ3v) is 4.61. The molecule has 0 amide bonds. The van der Waals surface area contributed by atoms with Crippen LogP contribution in [0.1, 0.15) is 22.3 Å². The van der Waals surface area contributed by atoms with Crippen molar-refractivity contribution in [3.8, 4) is 5.75 Å². The Morgan fingerprint density at radius 1 is 0.962 bits per heavy atom. The highest BCUT2D eigenvalue weighted by molar-refractivity contribution is 6.31. The van der Waals surface area contributed by atoms with Gasteiger partial charge in [0.25, 0.3) is 0 Å². The lowest BCUT2D eigenvalue weighted by Crippen LogP contribution is -1.99. The quantitative estimate of drug-likeness (QED) is 0.437. The van der Waals surface area contributed by atoms with Crippen LogP contribution in [0.15, 0.2) is 65.7 Å². The van der Waals surface area contributed by atoms with E-state index in [9.17, 15) is 0 Å². The summed E-state index contributed by atoms with van der Waals surface area (Å²) < 4.78 is 5.96. The molecule has 0 spiro atoms. The molecule has 3 rings (SSSR count). The van der Waals surface area contributed by atoms with Crippen LogP contribution in [0.4, 0.5) is 5.69 Å². The molecule has 0 aromatic heterocycles. The van der Waals surface area contributed by atoms with Crippen molar-refractivity contribution in [1.82, 2.24) is 0 Å². The van der Waals surface area contributed by atoms with Gasteiger partial charge >= 0.3 is 0 Å². The molecule has 0 radical (unpaired) electrons. The molecule has 0 bridgehead atoms. The number of benzene rings is 3. The molecule has 2 nitrogen and oxygen atoms in total. The van der Waals surface area contributed by atoms with Crippen LogP contribution in [0, 0.1) is 13.8 Å². The number of rotatable bonds is 5. The van der Waals surface area contributed by atoms with Crippen molar-refractivity contribution in [3.63, 3.8) is 0 Å². The third kappa shape index (κ3) is 4.66. The minimum atomic E-state index is 0.381. The van der Waals surface area contributed by atoms with Crippen LogP contribution in [0.25, 0.3) is 0 Å². The Kier molecular flexibility index (Phi) is 5.97. The molecule has 0 aliphatic heterocycles. The fourth-order valence-electron chi connectivity index (χ4n) is 2.61. The first-order valence-corrected chi connectivity index (χ1v) is 9.05. The van der Waals surface area contributed by atoms with Gasteiger partial charge in [-0.1, -0.05) is 59.1 Å². The van der Waals surface area contributed by atoms with E-state index in [0.717, 1.165) is 22.4 Å². The molecule has 0 atom stereocenters. The fraction of sp³-hybridized carbons (Fsp3) is 0.136. The molecule has 0 saturated heterocycles. The topological polar surface area (TPSA) is 21.6 Å². The van der Waals surface area contributed by atoms with E-state index in [1.54, 1.807) is 12.3 Å². The first-order chi connectivity index (χ1) is 12.5. The molecule has 0 N–H and O–H groups in total. The van der Waals surface area contributed by atoms with Crippen LogP contribution < -0.4 is 4.74 Å². The van der Waals surface area contributed by atoms with Crippen molar-refractivity contribution in [2.75, 3.05) is 0 Å². The van der Waals surface area contributed by atoms with Crippen molar-refractivity contribution < 1.29 is 4.74 Å². The maximum atomic E-state index is 6.20. The molecule has 0 fully saturated rings. The second-order valence-electron chi connectivity index (χ2n) is 6.11. The first kappa shape index (κ1) is 18.5. The molecular weight excluding hydrogens is 365 g/mol. The minimum absolute atomic E-state index is 0.381. The zero-order valence-electron chi connectivity index (χ0n) is 14.7. The summed E-state index contributed by atoms with van der Waals surface area (Å²) in [7, 11) is 0. The number of nitrogens with zero attached hydrogens (tertiary/aromatic N) is 1. The van der Waals surface area contributed by atoms with E-state index in [1.807, 2.05) is 55.5 Å². The van der Waals surface area contributed by atoms with E-state index < -0.39 is 0 Å². The summed E-state index contributed by atoms with van der Waals surface area (Å²) in [5.74, 6) is 0.711. The third-order valence-electron chi connectivity index (χ3n) is 4.01. The molecule has 3 aromatic rings. The summed E-state index contributed by atoms with van der Waals surface area (Å²) in [5, 5.41) is 1.32. The second kappa shape index (κ2) is 8.39. The predicted octanol–water partition coefficient (Wildman–Crippen LogP) is 6.94. The lowest BCUT2D eigenvalue weighted by Gasteiger charge is -2.11. The average molecular weight is 384 g/mol. The number of hydrogen-bond acceptors (Lipinski definition) is 2. The van der Waals surface area contributed by atoms with Crippen LogP contribution in [-0.2, 0) is 6.61 Å². The van der Waals surface area contributed by atoms with E-state index >= 15 is 0 Å². The van der Waals surface area contributed by atoms with Gasteiger partial charge in [-0.05, 0) is 49.7 Å². The molecule has 26 heavy (non-hydrogen) atoms. The number of ether oxygens (including phenoxy) is 1. The van der Waals surface area contributed by atoms with Gasteiger partial charge in [-0.2, -0.15) is 0 Å². The Bertz CT molecular complexity index is 951. The highest BCUT2D eigenvalue weighted by Gasteiger charge is 2.06. The number of halogens is 2. The van der Waals surface area contributed by atoms with E-state index in [-0.39, 0.29) is 0 Å². The van der Waals surface area contributed by atoms with Crippen LogP contribution >= 0.6 is 23.2 Å². The molecule has 0 saturated carbocycles. The van der Waals surface area contributed by atoms with Crippen molar-refractivity contribution in [1.29, 1.82) is 0 Å². The minimum Gasteiger partial charge on any atom is -0.488 e. The van der Waals surface area contributed by atoms with Gasteiger partial charge < -0.3 is 4.74 Å². The normalized spacial score (nSPS) is 11.1. The van der Waals surface area contributed by atoms with Crippen molar-refractivity contribution >= 4 is 35.1 Å². The van der Waals surface area contributed by atoms with Crippen molar-refractivity contribution in [2.45, 2.75) is 20.5 Å². The highest BCUT2D eigenvalue weighted by atomic mass is 35.5. The monoisotopic (exact) mass is 383 g/mol. The summed E-state index contributed by atoms with van der Waals surface area (Å²) >= 11 is 12.4. The molecule has 132 valence electrons. The van der Waals surface area contributed by atoms with Crippen molar-refractivity contribution in [3.05, 3.63) is 93.0 Å². The number of hydrogen-bond donors (Lipinski definition) is 0. The van der Waals surface area contributed by atoms with E-state index in [2.05, 4.69) is 18.0 Å². The Hall–Kier alpha value is -2.29. The smallest absolute Gasteiger partial charge is 0.128 e. The Morgan fingerprint density at radius 2 is 1.77 bits per heavy atom. The van der Waals surface area contributed by atoms with E-state index in [1.165, 1.54) is 5.56 Å². The van der Waals surface area contributed by atoms with Gasteiger partial charge in [0, 0.05) is 27.4 Å². The standard InChI is InChI=1S/C22H19Cl2NO/c1-15-7-9-21(16(2)11-15)25-13-18-12-19(23)8-10-22(18)26-14-17-5-3-4-6-20(17)24/h3-13H,14H2,1-2H3. The molecule has 0 aliphatic rings. The number of aliphatic imine (C=N–C) groups is 1. The lowest BCUT2D eigenvalue weighted by molar-refractivity contribution is 0.306. The second-order valence-corrected chi connectivity index (χ2v) is 6.95. The summed E-state index contributed by atoms with van der Waals surface area (Å²) in [5.41, 5.74) is 5.02. The van der Waals surface area contributed by atoms with E-state index in [0.29, 0.717) is 22.4 Å². The predicted molar refractivity (Wildman–Crippen MR) is 110 cm³/mol. The Balaban J connectivity index is 1.84. The molecular formula is C22H19Cl2NO. The van der Waals surface area contributed by atoms with Gasteiger partial charge in [0.1, 0.15) is 12.4 Å². The SMILES string of the molecule is Cc1ccc(N=Cc2cc(Cl)ccc2OCc2ccccc2Cl)c(C)c1. The van der Waals surface area contributed by atoms with E-state index in [4.69, 9.17) is 27.9 Å². The molecule has 0 heterocycles. The van der Waals surface area contributed by atoms with Crippen molar-refractivity contribution in [2.24, 2.45) is 4.99 Å². The molecule has 0 unspecified atom stereocenters.